The number of para-hydroxylation sites is 2. The minimum absolute atomic E-state index is 0.0119. The predicted octanol–water partition coefficient (Wildman–Crippen LogP) is 1.32. The molecule has 2 aromatic rings. The Morgan fingerprint density at radius 3 is 2.95 bits per heavy atom. The quantitative estimate of drug-likeness (QED) is 0.888. The topological polar surface area (TPSA) is 82.2 Å². The summed E-state index contributed by atoms with van der Waals surface area (Å²) in [6.45, 7) is 0.452. The zero-order chi connectivity index (χ0) is 14.7. The molecular weight excluding hydrogens is 268 g/mol. The SMILES string of the molecule is NCC1CCC(C(=O)Nc2ccccc2-n2cccn2)O1. The number of nitrogens with one attached hydrogen (secondary N) is 1. The number of rotatable bonds is 4. The van der Waals surface area contributed by atoms with Gasteiger partial charge in [0.2, 0.25) is 0 Å². The second-order valence-electron chi connectivity index (χ2n) is 5.02. The van der Waals surface area contributed by atoms with Crippen LogP contribution in [0, 0.1) is 0 Å². The van der Waals surface area contributed by atoms with E-state index in [-0.39, 0.29) is 12.0 Å². The first-order chi connectivity index (χ1) is 10.3. The summed E-state index contributed by atoms with van der Waals surface area (Å²) in [6.07, 6.45) is 4.63. The number of benzene rings is 1. The molecule has 3 N–H and O–H groups in total. The third kappa shape index (κ3) is 2.96. The van der Waals surface area contributed by atoms with Crippen molar-refractivity contribution in [2.24, 2.45) is 5.73 Å². The molecular formula is C15H18N4O2. The van der Waals surface area contributed by atoms with Crippen LogP contribution in [0.5, 0.6) is 0 Å². The molecule has 1 saturated heterocycles. The van der Waals surface area contributed by atoms with E-state index >= 15 is 0 Å². The van der Waals surface area contributed by atoms with Crippen molar-refractivity contribution < 1.29 is 9.53 Å². The molecule has 2 unspecified atom stereocenters. The Balaban J connectivity index is 1.75. The molecule has 0 bridgehead atoms. The first-order valence-corrected chi connectivity index (χ1v) is 7.03. The highest BCUT2D eigenvalue weighted by molar-refractivity contribution is 5.96. The molecule has 3 rings (SSSR count). The highest BCUT2D eigenvalue weighted by Crippen LogP contribution is 2.23. The average molecular weight is 286 g/mol. The molecule has 6 nitrogen and oxygen atoms in total. The van der Waals surface area contributed by atoms with Crippen molar-refractivity contribution in [3.05, 3.63) is 42.7 Å². The van der Waals surface area contributed by atoms with Crippen LogP contribution in [0.3, 0.4) is 0 Å². The van der Waals surface area contributed by atoms with E-state index in [9.17, 15) is 4.79 Å². The van der Waals surface area contributed by atoms with Crippen molar-refractivity contribution in [3.63, 3.8) is 0 Å². The molecule has 2 heterocycles. The zero-order valence-corrected chi connectivity index (χ0v) is 11.6. The van der Waals surface area contributed by atoms with Gasteiger partial charge in [-0.25, -0.2) is 4.68 Å². The van der Waals surface area contributed by atoms with Crippen molar-refractivity contribution in [2.45, 2.75) is 25.0 Å². The van der Waals surface area contributed by atoms with E-state index in [0.717, 1.165) is 12.1 Å². The van der Waals surface area contributed by atoms with Crippen LogP contribution in [-0.4, -0.2) is 34.4 Å². The second-order valence-corrected chi connectivity index (χ2v) is 5.02. The Morgan fingerprint density at radius 2 is 2.24 bits per heavy atom. The van der Waals surface area contributed by atoms with Crippen molar-refractivity contribution in [1.82, 2.24) is 9.78 Å². The number of anilines is 1. The number of hydrogen-bond acceptors (Lipinski definition) is 4. The maximum absolute atomic E-state index is 12.3. The van der Waals surface area contributed by atoms with Gasteiger partial charge in [0.15, 0.2) is 0 Å². The predicted molar refractivity (Wildman–Crippen MR) is 79.1 cm³/mol. The van der Waals surface area contributed by atoms with Crippen LogP contribution in [0.25, 0.3) is 5.69 Å². The van der Waals surface area contributed by atoms with Gasteiger partial charge in [-0.1, -0.05) is 12.1 Å². The lowest BCUT2D eigenvalue weighted by Crippen LogP contribution is -2.30. The summed E-state index contributed by atoms with van der Waals surface area (Å²) in [5.41, 5.74) is 7.11. The molecule has 1 fully saturated rings. The molecule has 1 aromatic heterocycles. The van der Waals surface area contributed by atoms with Gasteiger partial charge in [0.25, 0.3) is 5.91 Å². The molecule has 110 valence electrons. The largest absolute Gasteiger partial charge is 0.364 e. The molecule has 1 aliphatic rings. The molecule has 21 heavy (non-hydrogen) atoms. The van der Waals surface area contributed by atoms with Crippen LogP contribution in [0.4, 0.5) is 5.69 Å². The normalized spacial score (nSPS) is 21.4. The number of carbonyl (C=O) groups is 1. The van der Waals surface area contributed by atoms with Crippen molar-refractivity contribution in [1.29, 1.82) is 0 Å². The van der Waals surface area contributed by atoms with Crippen LogP contribution < -0.4 is 11.1 Å². The Bertz CT molecular complexity index is 612. The third-order valence-electron chi connectivity index (χ3n) is 3.58. The summed E-state index contributed by atoms with van der Waals surface area (Å²) in [5.74, 6) is -0.134. The number of carbonyl (C=O) groups excluding carboxylic acids is 1. The second kappa shape index (κ2) is 6.07. The fourth-order valence-electron chi connectivity index (χ4n) is 2.48. The molecule has 0 spiro atoms. The van der Waals surface area contributed by atoms with Crippen LogP contribution in [0.1, 0.15) is 12.8 Å². The van der Waals surface area contributed by atoms with E-state index < -0.39 is 6.10 Å². The van der Waals surface area contributed by atoms with Crippen LogP contribution in [-0.2, 0) is 9.53 Å². The Hall–Kier alpha value is -2.18. The lowest BCUT2D eigenvalue weighted by molar-refractivity contribution is -0.126. The van der Waals surface area contributed by atoms with E-state index in [1.807, 2.05) is 36.5 Å². The van der Waals surface area contributed by atoms with Gasteiger partial charge in [0.05, 0.1) is 17.5 Å². The van der Waals surface area contributed by atoms with Crippen LogP contribution >= 0.6 is 0 Å². The van der Waals surface area contributed by atoms with Gasteiger partial charge >= 0.3 is 0 Å². The van der Waals surface area contributed by atoms with E-state index in [4.69, 9.17) is 10.5 Å². The minimum atomic E-state index is -0.427. The summed E-state index contributed by atoms with van der Waals surface area (Å²) in [7, 11) is 0. The molecule has 6 heteroatoms. The molecule has 0 radical (unpaired) electrons. The van der Waals surface area contributed by atoms with Gasteiger partial charge in [0, 0.05) is 18.9 Å². The van der Waals surface area contributed by atoms with E-state index in [1.54, 1.807) is 10.9 Å². The third-order valence-corrected chi connectivity index (χ3v) is 3.58. The molecule has 2 atom stereocenters. The summed E-state index contributed by atoms with van der Waals surface area (Å²) < 4.78 is 7.33. The number of nitrogens with two attached hydrogens (primary N) is 1. The van der Waals surface area contributed by atoms with Gasteiger partial charge in [-0.15, -0.1) is 0 Å². The highest BCUT2D eigenvalue weighted by Gasteiger charge is 2.30. The van der Waals surface area contributed by atoms with Gasteiger partial charge in [-0.05, 0) is 31.0 Å². The monoisotopic (exact) mass is 286 g/mol. The fraction of sp³-hybridized carbons (Fsp3) is 0.333. The van der Waals surface area contributed by atoms with Gasteiger partial charge < -0.3 is 15.8 Å². The number of hydrogen-bond donors (Lipinski definition) is 2. The highest BCUT2D eigenvalue weighted by atomic mass is 16.5. The van der Waals surface area contributed by atoms with E-state index in [1.165, 1.54) is 0 Å². The Morgan fingerprint density at radius 1 is 1.38 bits per heavy atom. The first-order valence-electron chi connectivity index (χ1n) is 7.03. The lowest BCUT2D eigenvalue weighted by atomic mass is 10.2. The first kappa shape index (κ1) is 13.8. The average Bonchev–Trinajstić information content (AvgIpc) is 3.19. The maximum atomic E-state index is 12.3. The maximum Gasteiger partial charge on any atom is 0.253 e. The minimum Gasteiger partial charge on any atom is -0.364 e. The number of aromatic nitrogens is 2. The summed E-state index contributed by atoms with van der Waals surface area (Å²) in [6, 6.07) is 9.37. The molecule has 1 aliphatic heterocycles. The number of amides is 1. The standard InChI is InChI=1S/C15H18N4O2/c16-10-11-6-7-14(21-11)15(20)18-12-4-1-2-5-13(12)19-9-3-8-17-19/h1-5,8-9,11,14H,6-7,10,16H2,(H,18,20). The fourth-order valence-corrected chi connectivity index (χ4v) is 2.48. The zero-order valence-electron chi connectivity index (χ0n) is 11.6. The van der Waals surface area contributed by atoms with E-state index in [0.29, 0.717) is 18.7 Å². The van der Waals surface area contributed by atoms with E-state index in [2.05, 4.69) is 10.4 Å². The number of ether oxygens (including phenoxy) is 1. The van der Waals surface area contributed by atoms with Crippen molar-refractivity contribution in [2.75, 3.05) is 11.9 Å². The molecule has 0 saturated carbocycles. The lowest BCUT2D eigenvalue weighted by Gasteiger charge is -2.15. The van der Waals surface area contributed by atoms with Gasteiger partial charge in [-0.3, -0.25) is 4.79 Å². The van der Waals surface area contributed by atoms with Gasteiger partial charge in [-0.2, -0.15) is 5.10 Å². The van der Waals surface area contributed by atoms with Crippen molar-refractivity contribution in [3.8, 4) is 5.69 Å². The van der Waals surface area contributed by atoms with Gasteiger partial charge in [0.1, 0.15) is 6.10 Å². The number of nitrogens with zero attached hydrogens (tertiary/aromatic N) is 2. The molecule has 0 aliphatic carbocycles. The smallest absolute Gasteiger partial charge is 0.253 e. The summed E-state index contributed by atoms with van der Waals surface area (Å²) >= 11 is 0. The Kier molecular flexibility index (Phi) is 3.98. The van der Waals surface area contributed by atoms with Crippen LogP contribution in [0.2, 0.25) is 0 Å². The Labute approximate surface area is 122 Å². The summed E-state index contributed by atoms with van der Waals surface area (Å²) in [4.78, 5) is 12.3. The molecule has 1 amide bonds. The van der Waals surface area contributed by atoms with Crippen molar-refractivity contribution >= 4 is 11.6 Å². The van der Waals surface area contributed by atoms with Crippen LogP contribution in [0.15, 0.2) is 42.7 Å². The summed E-state index contributed by atoms with van der Waals surface area (Å²) in [5, 5.41) is 7.11. The molecule has 1 aromatic carbocycles.